The van der Waals surface area contributed by atoms with Gasteiger partial charge in [-0.05, 0) is 55.0 Å². The lowest BCUT2D eigenvalue weighted by Crippen LogP contribution is -2.20. The first kappa shape index (κ1) is 15.4. The van der Waals surface area contributed by atoms with Crippen molar-refractivity contribution in [2.24, 2.45) is 5.73 Å². The van der Waals surface area contributed by atoms with E-state index in [-0.39, 0.29) is 6.10 Å². The van der Waals surface area contributed by atoms with Gasteiger partial charge in [0, 0.05) is 5.56 Å². The summed E-state index contributed by atoms with van der Waals surface area (Å²) in [5, 5.41) is 0. The minimum absolute atomic E-state index is 0.254. The first-order valence-electron chi connectivity index (χ1n) is 8.00. The molecule has 3 rings (SSSR count). The summed E-state index contributed by atoms with van der Waals surface area (Å²) in [5.74, 6) is 0.859. The van der Waals surface area contributed by atoms with E-state index >= 15 is 0 Å². The quantitative estimate of drug-likeness (QED) is 0.919. The van der Waals surface area contributed by atoms with Crippen molar-refractivity contribution >= 4 is 6.09 Å². The van der Waals surface area contributed by atoms with Gasteiger partial charge >= 0.3 is 6.09 Å². The average molecular weight is 311 g/mol. The van der Waals surface area contributed by atoms with E-state index in [0.717, 1.165) is 41.7 Å². The number of hydrogen-bond donors (Lipinski definition) is 1. The fourth-order valence-corrected chi connectivity index (χ4v) is 3.17. The summed E-state index contributed by atoms with van der Waals surface area (Å²) in [5.41, 5.74) is 9.59. The van der Waals surface area contributed by atoms with Gasteiger partial charge in [0.2, 0.25) is 0 Å². The van der Waals surface area contributed by atoms with Crippen LogP contribution in [0.5, 0.6) is 5.75 Å². The molecule has 0 aromatic heterocycles. The first-order chi connectivity index (χ1) is 11.2. The van der Waals surface area contributed by atoms with E-state index < -0.39 is 6.09 Å². The van der Waals surface area contributed by atoms with Gasteiger partial charge in [0.15, 0.2) is 0 Å². The molecule has 2 aromatic rings. The number of nitrogens with two attached hydrogens (primary N) is 1. The van der Waals surface area contributed by atoms with Crippen LogP contribution >= 0.6 is 0 Å². The summed E-state index contributed by atoms with van der Waals surface area (Å²) >= 11 is 0. The smallest absolute Gasteiger partial charge is 0.405 e. The Kier molecular flexibility index (Phi) is 4.51. The monoisotopic (exact) mass is 311 g/mol. The highest BCUT2D eigenvalue weighted by atomic mass is 16.6. The molecule has 0 aliphatic heterocycles. The molecule has 0 fully saturated rings. The van der Waals surface area contributed by atoms with E-state index in [9.17, 15) is 4.79 Å². The molecule has 0 saturated heterocycles. The maximum atomic E-state index is 11.2. The number of rotatable bonds is 4. The molecular weight excluding hydrogens is 290 g/mol. The van der Waals surface area contributed by atoms with Crippen molar-refractivity contribution in [1.29, 1.82) is 0 Å². The summed E-state index contributed by atoms with van der Waals surface area (Å²) in [4.78, 5) is 11.2. The third kappa shape index (κ3) is 3.31. The van der Waals surface area contributed by atoms with E-state index in [0.29, 0.717) is 6.61 Å². The van der Waals surface area contributed by atoms with E-state index in [1.54, 1.807) is 0 Å². The van der Waals surface area contributed by atoms with E-state index in [1.165, 1.54) is 5.56 Å². The first-order valence-corrected chi connectivity index (χ1v) is 8.00. The zero-order valence-corrected chi connectivity index (χ0v) is 13.2. The number of carbonyl (C=O) groups is 1. The molecule has 0 bridgehead atoms. The summed E-state index contributed by atoms with van der Waals surface area (Å²) in [7, 11) is 0. The molecular formula is C19H21NO3. The Balaban J connectivity index is 2.01. The predicted molar refractivity (Wildman–Crippen MR) is 89.4 cm³/mol. The van der Waals surface area contributed by atoms with Crippen molar-refractivity contribution in [3.8, 4) is 16.9 Å². The maximum Gasteiger partial charge on any atom is 0.405 e. The van der Waals surface area contributed by atoms with Crippen LogP contribution < -0.4 is 10.5 Å². The lowest BCUT2D eigenvalue weighted by molar-refractivity contribution is 0.0959. The Bertz CT molecular complexity index is 712. The molecule has 1 aliphatic rings. The van der Waals surface area contributed by atoms with Gasteiger partial charge in [0.1, 0.15) is 11.9 Å². The van der Waals surface area contributed by atoms with Crippen LogP contribution in [-0.2, 0) is 11.2 Å². The van der Waals surface area contributed by atoms with E-state index in [2.05, 4.69) is 18.2 Å². The predicted octanol–water partition coefficient (Wildman–Crippen LogP) is 4.23. The number of amides is 1. The summed E-state index contributed by atoms with van der Waals surface area (Å²) < 4.78 is 11.0. The maximum absolute atomic E-state index is 11.2. The van der Waals surface area contributed by atoms with Crippen LogP contribution in [-0.4, -0.2) is 12.7 Å². The van der Waals surface area contributed by atoms with Crippen LogP contribution in [0.3, 0.4) is 0 Å². The number of aryl methyl sites for hydroxylation is 1. The second-order valence-electron chi connectivity index (χ2n) is 5.66. The van der Waals surface area contributed by atoms with Crippen molar-refractivity contribution in [2.45, 2.75) is 32.3 Å². The normalized spacial score (nSPS) is 16.5. The van der Waals surface area contributed by atoms with Crippen molar-refractivity contribution in [1.82, 2.24) is 0 Å². The van der Waals surface area contributed by atoms with Gasteiger partial charge in [-0.25, -0.2) is 4.79 Å². The van der Waals surface area contributed by atoms with Gasteiger partial charge in [-0.15, -0.1) is 0 Å². The van der Waals surface area contributed by atoms with Gasteiger partial charge in [0.25, 0.3) is 0 Å². The van der Waals surface area contributed by atoms with Gasteiger partial charge in [-0.3, -0.25) is 0 Å². The Hall–Kier alpha value is -2.49. The van der Waals surface area contributed by atoms with Crippen LogP contribution in [0.15, 0.2) is 42.5 Å². The highest BCUT2D eigenvalue weighted by Gasteiger charge is 2.23. The fourth-order valence-electron chi connectivity index (χ4n) is 3.17. The second kappa shape index (κ2) is 6.73. The van der Waals surface area contributed by atoms with Crippen molar-refractivity contribution in [3.05, 3.63) is 53.6 Å². The zero-order chi connectivity index (χ0) is 16.2. The fraction of sp³-hybridized carbons (Fsp3) is 0.316. The lowest BCUT2D eigenvalue weighted by Gasteiger charge is -2.25. The Morgan fingerprint density at radius 3 is 2.87 bits per heavy atom. The molecule has 2 N–H and O–H groups in total. The number of benzene rings is 2. The minimum Gasteiger partial charge on any atom is -0.493 e. The molecule has 1 atom stereocenters. The number of para-hydroxylation sites is 1. The minimum atomic E-state index is -0.719. The van der Waals surface area contributed by atoms with Crippen molar-refractivity contribution < 1.29 is 14.3 Å². The van der Waals surface area contributed by atoms with Crippen molar-refractivity contribution in [2.75, 3.05) is 6.61 Å². The SMILES string of the molecule is CCOc1ccccc1-c1ccc2c(c1)C(OC(N)=O)CCC2. The largest absolute Gasteiger partial charge is 0.493 e. The summed E-state index contributed by atoms with van der Waals surface area (Å²) in [6.07, 6.45) is 1.84. The molecule has 1 unspecified atom stereocenters. The third-order valence-corrected chi connectivity index (χ3v) is 4.16. The van der Waals surface area contributed by atoms with Gasteiger partial charge < -0.3 is 15.2 Å². The molecule has 4 heteroatoms. The van der Waals surface area contributed by atoms with Gasteiger partial charge in [0.05, 0.1) is 6.61 Å². The lowest BCUT2D eigenvalue weighted by atomic mass is 9.87. The standard InChI is InChI=1S/C19H21NO3/c1-2-22-17-8-4-3-7-15(17)14-11-10-13-6-5-9-18(16(13)12-14)23-19(20)21/h3-4,7-8,10-12,18H,2,5-6,9H2,1H3,(H2,20,21). The number of primary amides is 1. The highest BCUT2D eigenvalue weighted by molar-refractivity contribution is 5.72. The van der Waals surface area contributed by atoms with Crippen LogP contribution in [0.25, 0.3) is 11.1 Å². The van der Waals surface area contributed by atoms with Crippen LogP contribution in [0, 0.1) is 0 Å². The highest BCUT2D eigenvalue weighted by Crippen LogP contribution is 2.37. The molecule has 0 heterocycles. The molecule has 0 saturated carbocycles. The zero-order valence-electron chi connectivity index (χ0n) is 13.2. The van der Waals surface area contributed by atoms with Gasteiger partial charge in [-0.2, -0.15) is 0 Å². The molecule has 2 aromatic carbocycles. The van der Waals surface area contributed by atoms with E-state index in [4.69, 9.17) is 15.2 Å². The second-order valence-corrected chi connectivity index (χ2v) is 5.66. The van der Waals surface area contributed by atoms with Crippen molar-refractivity contribution in [3.63, 3.8) is 0 Å². The third-order valence-electron chi connectivity index (χ3n) is 4.16. The molecule has 23 heavy (non-hydrogen) atoms. The Labute approximate surface area is 136 Å². The van der Waals surface area contributed by atoms with E-state index in [1.807, 2.05) is 31.2 Å². The molecule has 4 nitrogen and oxygen atoms in total. The molecule has 1 amide bonds. The summed E-state index contributed by atoms with van der Waals surface area (Å²) in [6.45, 7) is 2.59. The number of carbonyl (C=O) groups excluding carboxylic acids is 1. The Morgan fingerprint density at radius 1 is 1.26 bits per heavy atom. The van der Waals surface area contributed by atoms with Crippen LogP contribution in [0.1, 0.15) is 37.0 Å². The number of hydrogen-bond acceptors (Lipinski definition) is 3. The topological polar surface area (TPSA) is 61.6 Å². The average Bonchev–Trinajstić information content (AvgIpc) is 2.55. The number of ether oxygens (including phenoxy) is 2. The van der Waals surface area contributed by atoms with Crippen LogP contribution in [0.2, 0.25) is 0 Å². The van der Waals surface area contributed by atoms with Gasteiger partial charge in [-0.1, -0.05) is 30.3 Å². The van der Waals surface area contributed by atoms with Crippen LogP contribution in [0.4, 0.5) is 4.79 Å². The molecule has 0 spiro atoms. The summed E-state index contributed by atoms with van der Waals surface area (Å²) in [6, 6.07) is 14.3. The Morgan fingerprint density at radius 2 is 2.09 bits per heavy atom. The molecule has 120 valence electrons. The number of fused-ring (bicyclic) bond motifs is 1. The molecule has 0 radical (unpaired) electrons. The molecule has 1 aliphatic carbocycles.